The molecule has 0 fully saturated rings. The number of benzene rings is 2. The lowest BCUT2D eigenvalue weighted by Gasteiger charge is -2.15. The van der Waals surface area contributed by atoms with Crippen molar-refractivity contribution >= 4 is 17.7 Å². The highest BCUT2D eigenvalue weighted by atomic mass is 32.2. The third kappa shape index (κ3) is 5.46. The van der Waals surface area contributed by atoms with E-state index in [1.54, 1.807) is 19.5 Å². The number of aryl methyl sites for hydroxylation is 1. The number of rotatable bonds is 9. The molecule has 0 bridgehead atoms. The van der Waals surface area contributed by atoms with Crippen LogP contribution in [-0.2, 0) is 11.2 Å². The Morgan fingerprint density at radius 2 is 1.88 bits per heavy atom. The zero-order valence-corrected chi connectivity index (χ0v) is 20.2. The van der Waals surface area contributed by atoms with Crippen LogP contribution >= 0.6 is 11.8 Å². The van der Waals surface area contributed by atoms with Crippen LogP contribution in [0, 0.1) is 6.92 Å². The molecule has 4 rings (SSSR count). The number of hydrogen-bond acceptors (Lipinski definition) is 6. The van der Waals surface area contributed by atoms with Gasteiger partial charge in [-0.05, 0) is 61.7 Å². The van der Waals surface area contributed by atoms with Crippen LogP contribution in [0.15, 0.2) is 78.2 Å². The second kappa shape index (κ2) is 11.0. The van der Waals surface area contributed by atoms with Crippen molar-refractivity contribution in [3.05, 3.63) is 84.2 Å². The average molecular weight is 474 g/mol. The van der Waals surface area contributed by atoms with Gasteiger partial charge in [-0.3, -0.25) is 14.3 Å². The van der Waals surface area contributed by atoms with Crippen LogP contribution in [0.2, 0.25) is 0 Å². The maximum Gasteiger partial charge on any atom is 0.233 e. The zero-order valence-electron chi connectivity index (χ0n) is 19.4. The Bertz CT molecular complexity index is 1240. The molecule has 7 nitrogen and oxygen atoms in total. The molecule has 0 saturated carbocycles. The van der Waals surface area contributed by atoms with Gasteiger partial charge in [0.1, 0.15) is 5.75 Å². The Morgan fingerprint density at radius 1 is 1.09 bits per heavy atom. The zero-order chi connectivity index (χ0) is 23.9. The molecule has 34 heavy (non-hydrogen) atoms. The number of carbonyl (C=O) groups is 1. The number of ether oxygens (including phenoxy) is 1. The predicted molar refractivity (Wildman–Crippen MR) is 134 cm³/mol. The lowest BCUT2D eigenvalue weighted by atomic mass is 10.1. The summed E-state index contributed by atoms with van der Waals surface area (Å²) in [5.74, 6) is 1.47. The van der Waals surface area contributed by atoms with Crippen LogP contribution < -0.4 is 10.1 Å². The molecule has 0 aliphatic rings. The van der Waals surface area contributed by atoms with E-state index in [1.807, 2.05) is 79.1 Å². The molecule has 1 N–H and O–H groups in total. The Labute approximate surface area is 203 Å². The molecule has 2 aromatic carbocycles. The van der Waals surface area contributed by atoms with E-state index in [0.717, 1.165) is 34.5 Å². The summed E-state index contributed by atoms with van der Waals surface area (Å²) in [6, 6.07) is 19.8. The number of methoxy groups -OCH3 is 1. The Hall–Kier alpha value is -3.65. The van der Waals surface area contributed by atoms with E-state index in [4.69, 9.17) is 4.74 Å². The van der Waals surface area contributed by atoms with Gasteiger partial charge < -0.3 is 10.1 Å². The molecule has 4 aromatic rings. The smallest absolute Gasteiger partial charge is 0.233 e. The molecule has 0 spiro atoms. The molecular weight excluding hydrogens is 446 g/mol. The van der Waals surface area contributed by atoms with Gasteiger partial charge in [-0.1, -0.05) is 42.1 Å². The van der Waals surface area contributed by atoms with Crippen LogP contribution in [0.1, 0.15) is 18.1 Å². The van der Waals surface area contributed by atoms with Crippen molar-refractivity contribution in [3.63, 3.8) is 0 Å². The number of amides is 1. The minimum atomic E-state index is -0.343. The number of nitrogens with zero attached hydrogens (tertiary/aromatic N) is 4. The van der Waals surface area contributed by atoms with Crippen LogP contribution in [0.4, 0.5) is 0 Å². The molecule has 174 valence electrons. The topological polar surface area (TPSA) is 81.9 Å². The third-order valence-corrected chi connectivity index (χ3v) is 6.48. The lowest BCUT2D eigenvalue weighted by molar-refractivity contribution is -0.120. The van der Waals surface area contributed by atoms with Crippen molar-refractivity contribution in [3.8, 4) is 22.8 Å². The van der Waals surface area contributed by atoms with Gasteiger partial charge in [-0.15, -0.1) is 10.2 Å². The van der Waals surface area contributed by atoms with Crippen molar-refractivity contribution in [1.82, 2.24) is 25.1 Å². The predicted octanol–water partition coefficient (Wildman–Crippen LogP) is 4.49. The van der Waals surface area contributed by atoms with Gasteiger partial charge >= 0.3 is 0 Å². The average Bonchev–Trinajstić information content (AvgIpc) is 3.28. The van der Waals surface area contributed by atoms with Crippen LogP contribution in [-0.4, -0.2) is 44.6 Å². The largest absolute Gasteiger partial charge is 0.497 e. The molecule has 2 aromatic heterocycles. The first-order chi connectivity index (χ1) is 16.6. The van der Waals surface area contributed by atoms with Crippen molar-refractivity contribution in [1.29, 1.82) is 0 Å². The maximum absolute atomic E-state index is 12.8. The second-order valence-electron chi connectivity index (χ2n) is 7.82. The summed E-state index contributed by atoms with van der Waals surface area (Å²) in [5, 5.41) is 12.2. The SMILES string of the molecule is COc1ccc(CCNC(=O)C(C)Sc2nnc(-c3cccnc3)n2-c2ccccc2C)cc1. The molecule has 2 heterocycles. The fraction of sp³-hybridized carbons (Fsp3) is 0.231. The third-order valence-electron chi connectivity index (χ3n) is 5.43. The van der Waals surface area contributed by atoms with Crippen LogP contribution in [0.3, 0.4) is 0 Å². The summed E-state index contributed by atoms with van der Waals surface area (Å²) < 4.78 is 7.19. The number of nitrogens with one attached hydrogen (secondary N) is 1. The van der Waals surface area contributed by atoms with Gasteiger partial charge in [0.15, 0.2) is 11.0 Å². The van der Waals surface area contributed by atoms with E-state index >= 15 is 0 Å². The fourth-order valence-corrected chi connectivity index (χ4v) is 4.42. The van der Waals surface area contributed by atoms with E-state index < -0.39 is 0 Å². The molecule has 0 saturated heterocycles. The van der Waals surface area contributed by atoms with Gasteiger partial charge in [0.05, 0.1) is 18.0 Å². The standard InChI is InChI=1S/C26H27N5O2S/c1-18-7-4-5-9-23(18)31-24(21-8-6-15-27-17-21)29-30-26(31)34-19(2)25(32)28-16-14-20-10-12-22(33-3)13-11-20/h4-13,15,17,19H,14,16H2,1-3H3,(H,28,32). The summed E-state index contributed by atoms with van der Waals surface area (Å²) in [4.78, 5) is 17.0. The van der Waals surface area contributed by atoms with E-state index in [-0.39, 0.29) is 11.2 Å². The Morgan fingerprint density at radius 3 is 2.59 bits per heavy atom. The first-order valence-corrected chi connectivity index (χ1v) is 11.9. The molecule has 0 aliphatic heterocycles. The summed E-state index contributed by atoms with van der Waals surface area (Å²) >= 11 is 1.39. The van der Waals surface area contributed by atoms with Gasteiger partial charge in [-0.25, -0.2) is 0 Å². The van der Waals surface area contributed by atoms with E-state index in [9.17, 15) is 4.79 Å². The molecule has 1 amide bonds. The summed E-state index contributed by atoms with van der Waals surface area (Å²) in [6.45, 7) is 4.49. The molecule has 1 unspecified atom stereocenters. The van der Waals surface area contributed by atoms with E-state index in [0.29, 0.717) is 17.5 Å². The van der Waals surface area contributed by atoms with Gasteiger partial charge in [0, 0.05) is 24.5 Å². The lowest BCUT2D eigenvalue weighted by Crippen LogP contribution is -2.32. The highest BCUT2D eigenvalue weighted by Gasteiger charge is 2.22. The van der Waals surface area contributed by atoms with Crippen molar-refractivity contribution < 1.29 is 9.53 Å². The van der Waals surface area contributed by atoms with Crippen LogP contribution in [0.25, 0.3) is 17.1 Å². The Kier molecular flexibility index (Phi) is 7.59. The van der Waals surface area contributed by atoms with Crippen molar-refractivity contribution in [2.75, 3.05) is 13.7 Å². The minimum absolute atomic E-state index is 0.0410. The highest BCUT2D eigenvalue weighted by molar-refractivity contribution is 8.00. The number of para-hydroxylation sites is 1. The number of hydrogen-bond donors (Lipinski definition) is 1. The maximum atomic E-state index is 12.8. The number of thioether (sulfide) groups is 1. The fourth-order valence-electron chi connectivity index (χ4n) is 3.54. The van der Waals surface area contributed by atoms with Gasteiger partial charge in [-0.2, -0.15) is 0 Å². The normalized spacial score (nSPS) is 11.7. The molecule has 1 atom stereocenters. The first-order valence-electron chi connectivity index (χ1n) is 11.1. The van der Waals surface area contributed by atoms with Crippen molar-refractivity contribution in [2.24, 2.45) is 0 Å². The number of aromatic nitrogens is 4. The van der Waals surface area contributed by atoms with E-state index in [1.165, 1.54) is 11.8 Å². The number of pyridine rings is 1. The minimum Gasteiger partial charge on any atom is -0.497 e. The second-order valence-corrected chi connectivity index (χ2v) is 9.13. The highest BCUT2D eigenvalue weighted by Crippen LogP contribution is 2.31. The summed E-state index contributed by atoms with van der Waals surface area (Å²) in [6.07, 6.45) is 4.24. The van der Waals surface area contributed by atoms with Crippen LogP contribution in [0.5, 0.6) is 5.75 Å². The van der Waals surface area contributed by atoms with Gasteiger partial charge in [0.25, 0.3) is 0 Å². The quantitative estimate of drug-likeness (QED) is 0.361. The molecule has 0 radical (unpaired) electrons. The summed E-state index contributed by atoms with van der Waals surface area (Å²) in [7, 11) is 1.65. The number of carbonyl (C=O) groups excluding carboxylic acids is 1. The Balaban J connectivity index is 1.48. The molecule has 0 aliphatic carbocycles. The molecule has 8 heteroatoms. The first kappa shape index (κ1) is 23.5. The monoisotopic (exact) mass is 473 g/mol. The van der Waals surface area contributed by atoms with Crippen molar-refractivity contribution in [2.45, 2.75) is 30.7 Å². The molecular formula is C26H27N5O2S. The summed E-state index contributed by atoms with van der Waals surface area (Å²) in [5.41, 5.74) is 4.07. The van der Waals surface area contributed by atoms with Gasteiger partial charge in [0.2, 0.25) is 5.91 Å². The van der Waals surface area contributed by atoms with E-state index in [2.05, 4.69) is 20.5 Å².